The van der Waals surface area contributed by atoms with Gasteiger partial charge in [-0.3, -0.25) is 0 Å². The van der Waals surface area contributed by atoms with E-state index in [1.54, 1.807) is 12.4 Å². The monoisotopic (exact) mass is 251 g/mol. The van der Waals surface area contributed by atoms with Crippen molar-refractivity contribution in [3.8, 4) is 11.6 Å². The second-order valence-corrected chi connectivity index (χ2v) is 3.69. The summed E-state index contributed by atoms with van der Waals surface area (Å²) in [7, 11) is 0. The number of hydrogen-bond acceptors (Lipinski definition) is 5. The molecule has 0 unspecified atom stereocenters. The van der Waals surface area contributed by atoms with E-state index in [9.17, 15) is 8.78 Å². The van der Waals surface area contributed by atoms with Gasteiger partial charge < -0.3 is 5.73 Å². The lowest BCUT2D eigenvalue weighted by Crippen LogP contribution is -2.07. The summed E-state index contributed by atoms with van der Waals surface area (Å²) in [6.45, 7) is 1.79. The number of aromatic nitrogens is 4. The molecule has 2 aromatic rings. The highest BCUT2D eigenvalue weighted by atomic mass is 19.3. The summed E-state index contributed by atoms with van der Waals surface area (Å²) in [6.07, 6.45) is 1.73. The first-order valence-corrected chi connectivity index (χ1v) is 5.25. The second-order valence-electron chi connectivity index (χ2n) is 3.69. The van der Waals surface area contributed by atoms with Gasteiger partial charge in [-0.15, -0.1) is 0 Å². The molecule has 18 heavy (non-hydrogen) atoms. The van der Waals surface area contributed by atoms with Crippen LogP contribution in [0.15, 0.2) is 18.6 Å². The largest absolute Gasteiger partial charge is 0.326 e. The summed E-state index contributed by atoms with van der Waals surface area (Å²) in [4.78, 5) is 15.7. The topological polar surface area (TPSA) is 77.6 Å². The van der Waals surface area contributed by atoms with Crippen molar-refractivity contribution in [3.05, 3.63) is 35.4 Å². The van der Waals surface area contributed by atoms with Gasteiger partial charge in [0.1, 0.15) is 5.69 Å². The smallest absolute Gasteiger partial charge is 0.280 e. The Morgan fingerprint density at radius 3 is 2.28 bits per heavy atom. The van der Waals surface area contributed by atoms with Gasteiger partial charge >= 0.3 is 0 Å². The molecule has 0 radical (unpaired) electrons. The summed E-state index contributed by atoms with van der Waals surface area (Å²) in [5.41, 5.74) is 6.07. The highest BCUT2D eigenvalue weighted by Gasteiger charge is 2.17. The van der Waals surface area contributed by atoms with Crippen molar-refractivity contribution in [2.75, 3.05) is 0 Å². The maximum Gasteiger partial charge on any atom is 0.280 e. The molecule has 0 bridgehead atoms. The lowest BCUT2D eigenvalue weighted by atomic mass is 10.2. The molecule has 0 saturated carbocycles. The van der Waals surface area contributed by atoms with E-state index in [-0.39, 0.29) is 29.5 Å². The summed E-state index contributed by atoms with van der Waals surface area (Å²) < 4.78 is 25.6. The van der Waals surface area contributed by atoms with E-state index >= 15 is 0 Å². The molecular weight excluding hydrogens is 240 g/mol. The van der Waals surface area contributed by atoms with Crippen LogP contribution < -0.4 is 5.73 Å². The van der Waals surface area contributed by atoms with Gasteiger partial charge in [-0.2, -0.15) is 0 Å². The number of nitrogens with zero attached hydrogens (tertiary/aromatic N) is 4. The molecule has 2 heterocycles. The number of hydrogen-bond donors (Lipinski definition) is 1. The SMILES string of the molecule is Cc1cnc(-c2ncc(CN)c(C(F)F)n2)nc1. The fourth-order valence-electron chi connectivity index (χ4n) is 1.38. The fraction of sp³-hybridized carbons (Fsp3) is 0.273. The molecule has 0 spiro atoms. The van der Waals surface area contributed by atoms with Crippen molar-refractivity contribution in [3.63, 3.8) is 0 Å². The molecule has 0 aliphatic carbocycles. The fourth-order valence-corrected chi connectivity index (χ4v) is 1.38. The lowest BCUT2D eigenvalue weighted by molar-refractivity contribution is 0.144. The Bertz CT molecular complexity index is 542. The molecule has 0 saturated heterocycles. The van der Waals surface area contributed by atoms with E-state index in [2.05, 4.69) is 19.9 Å². The zero-order valence-corrected chi connectivity index (χ0v) is 9.64. The van der Waals surface area contributed by atoms with Crippen molar-refractivity contribution in [1.29, 1.82) is 0 Å². The normalized spacial score (nSPS) is 10.9. The molecule has 94 valence electrons. The minimum atomic E-state index is -2.70. The third-order valence-corrected chi connectivity index (χ3v) is 2.31. The van der Waals surface area contributed by atoms with Gasteiger partial charge in [0.25, 0.3) is 6.43 Å². The van der Waals surface area contributed by atoms with E-state index in [1.165, 1.54) is 6.20 Å². The quantitative estimate of drug-likeness (QED) is 0.897. The van der Waals surface area contributed by atoms with Crippen LogP contribution in [0.1, 0.15) is 23.2 Å². The second kappa shape index (κ2) is 5.09. The summed E-state index contributed by atoms with van der Waals surface area (Å²) in [5, 5.41) is 0. The van der Waals surface area contributed by atoms with Gasteiger partial charge in [-0.1, -0.05) is 0 Å². The molecule has 7 heteroatoms. The molecule has 0 amide bonds. The highest BCUT2D eigenvalue weighted by molar-refractivity contribution is 5.43. The number of halogens is 2. The molecular formula is C11H11F2N5. The maximum atomic E-state index is 12.8. The molecule has 5 nitrogen and oxygen atoms in total. The van der Waals surface area contributed by atoms with Crippen LogP contribution in [0.3, 0.4) is 0 Å². The Morgan fingerprint density at radius 2 is 1.72 bits per heavy atom. The van der Waals surface area contributed by atoms with Crippen molar-refractivity contribution in [1.82, 2.24) is 19.9 Å². The number of nitrogens with two attached hydrogens (primary N) is 1. The predicted octanol–water partition coefficient (Wildman–Crippen LogP) is 1.64. The average molecular weight is 251 g/mol. The molecule has 2 N–H and O–H groups in total. The zero-order chi connectivity index (χ0) is 13.1. The first kappa shape index (κ1) is 12.4. The average Bonchev–Trinajstić information content (AvgIpc) is 2.39. The zero-order valence-electron chi connectivity index (χ0n) is 9.64. The van der Waals surface area contributed by atoms with Crippen LogP contribution in [0.25, 0.3) is 11.6 Å². The third-order valence-electron chi connectivity index (χ3n) is 2.31. The van der Waals surface area contributed by atoms with E-state index in [1.807, 2.05) is 6.92 Å². The van der Waals surface area contributed by atoms with Gasteiger partial charge in [-0.05, 0) is 12.5 Å². The molecule has 0 aliphatic rings. The molecule has 0 atom stereocenters. The van der Waals surface area contributed by atoms with E-state index in [4.69, 9.17) is 5.73 Å². The maximum absolute atomic E-state index is 12.8. The van der Waals surface area contributed by atoms with Gasteiger partial charge in [0.05, 0.1) is 0 Å². The molecule has 0 aromatic carbocycles. The first-order valence-electron chi connectivity index (χ1n) is 5.25. The van der Waals surface area contributed by atoms with E-state index < -0.39 is 6.43 Å². The van der Waals surface area contributed by atoms with Crippen LogP contribution >= 0.6 is 0 Å². The molecule has 0 aliphatic heterocycles. The van der Waals surface area contributed by atoms with Crippen LogP contribution in [-0.2, 0) is 6.54 Å². The van der Waals surface area contributed by atoms with Gasteiger partial charge in [0.2, 0.25) is 0 Å². The van der Waals surface area contributed by atoms with Gasteiger partial charge in [-0.25, -0.2) is 28.7 Å². The van der Waals surface area contributed by atoms with E-state index in [0.717, 1.165) is 5.56 Å². The van der Waals surface area contributed by atoms with Crippen molar-refractivity contribution >= 4 is 0 Å². The first-order chi connectivity index (χ1) is 8.61. The van der Waals surface area contributed by atoms with Crippen LogP contribution in [0.2, 0.25) is 0 Å². The van der Waals surface area contributed by atoms with Crippen molar-refractivity contribution < 1.29 is 8.78 Å². The Hall–Kier alpha value is -2.02. The molecule has 2 aromatic heterocycles. The molecule has 2 rings (SSSR count). The lowest BCUT2D eigenvalue weighted by Gasteiger charge is -2.07. The third kappa shape index (κ3) is 2.45. The molecule has 0 fully saturated rings. The number of rotatable bonds is 3. The standard InChI is InChI=1S/C11H11F2N5/c1-6-3-15-10(16-4-6)11-17-5-7(2-14)8(18-11)9(12)13/h3-5,9H,2,14H2,1H3. The number of alkyl halides is 2. The summed E-state index contributed by atoms with van der Waals surface area (Å²) in [6, 6.07) is 0. The van der Waals surface area contributed by atoms with Crippen LogP contribution in [0.4, 0.5) is 8.78 Å². The van der Waals surface area contributed by atoms with Gasteiger partial charge in [0.15, 0.2) is 11.6 Å². The van der Waals surface area contributed by atoms with Crippen LogP contribution in [-0.4, -0.2) is 19.9 Å². The van der Waals surface area contributed by atoms with Crippen molar-refractivity contribution in [2.45, 2.75) is 19.9 Å². The van der Waals surface area contributed by atoms with Crippen molar-refractivity contribution in [2.24, 2.45) is 5.73 Å². The van der Waals surface area contributed by atoms with Crippen LogP contribution in [0.5, 0.6) is 0 Å². The summed E-state index contributed by atoms with van der Waals surface area (Å²) >= 11 is 0. The highest BCUT2D eigenvalue weighted by Crippen LogP contribution is 2.22. The van der Waals surface area contributed by atoms with E-state index in [0.29, 0.717) is 0 Å². The Balaban J connectivity index is 2.46. The Labute approximate surface area is 102 Å². The Morgan fingerprint density at radius 1 is 1.11 bits per heavy atom. The van der Waals surface area contributed by atoms with Crippen LogP contribution in [0, 0.1) is 6.92 Å². The van der Waals surface area contributed by atoms with Gasteiger partial charge in [0, 0.05) is 30.7 Å². The summed E-state index contributed by atoms with van der Waals surface area (Å²) in [5.74, 6) is 0.286. The number of aryl methyl sites for hydroxylation is 1. The minimum Gasteiger partial charge on any atom is -0.326 e. The minimum absolute atomic E-state index is 0.0330. The Kier molecular flexibility index (Phi) is 3.52. The predicted molar refractivity (Wildman–Crippen MR) is 60.6 cm³/mol.